The van der Waals surface area contributed by atoms with Gasteiger partial charge in [-0.2, -0.15) is 0 Å². The highest BCUT2D eigenvalue weighted by atomic mass is 79.9. The van der Waals surface area contributed by atoms with Crippen LogP contribution in [0.25, 0.3) is 0 Å². The number of hydrogen-bond donors (Lipinski definition) is 2. The van der Waals surface area contributed by atoms with Crippen molar-refractivity contribution in [2.24, 2.45) is 5.41 Å². The standard InChI is InChI=1S/C19H20BrNO2/c1-13(14-6-4-7-16(22)11-14)21-18(23)19(9-10-19)12-15-5-2-3-8-17(15)20/h2-8,11,13,22H,9-10,12H2,1H3,(H,21,23). The lowest BCUT2D eigenvalue weighted by molar-refractivity contribution is -0.127. The Balaban J connectivity index is 1.69. The van der Waals surface area contributed by atoms with E-state index in [1.807, 2.05) is 31.2 Å². The van der Waals surface area contributed by atoms with E-state index < -0.39 is 0 Å². The van der Waals surface area contributed by atoms with E-state index in [4.69, 9.17) is 0 Å². The number of nitrogens with one attached hydrogen (secondary N) is 1. The van der Waals surface area contributed by atoms with Crippen LogP contribution in [-0.4, -0.2) is 11.0 Å². The van der Waals surface area contributed by atoms with Crippen LogP contribution in [0.1, 0.15) is 36.9 Å². The van der Waals surface area contributed by atoms with E-state index in [2.05, 4.69) is 27.3 Å². The molecule has 0 spiro atoms. The zero-order valence-corrected chi connectivity index (χ0v) is 14.6. The Hall–Kier alpha value is -1.81. The Morgan fingerprint density at radius 1 is 1.26 bits per heavy atom. The predicted octanol–water partition coefficient (Wildman–Crippen LogP) is 4.35. The maximum Gasteiger partial charge on any atom is 0.227 e. The fourth-order valence-electron chi connectivity index (χ4n) is 2.87. The van der Waals surface area contributed by atoms with Gasteiger partial charge in [-0.25, -0.2) is 0 Å². The number of carbonyl (C=O) groups excluding carboxylic acids is 1. The van der Waals surface area contributed by atoms with Gasteiger partial charge < -0.3 is 10.4 Å². The molecule has 1 amide bonds. The van der Waals surface area contributed by atoms with Gasteiger partial charge in [0.15, 0.2) is 0 Å². The summed E-state index contributed by atoms with van der Waals surface area (Å²) in [5.41, 5.74) is 1.80. The fraction of sp³-hybridized carbons (Fsp3) is 0.316. The molecule has 1 fully saturated rings. The second-order valence-electron chi connectivity index (χ2n) is 6.34. The first kappa shape index (κ1) is 16.1. The van der Waals surface area contributed by atoms with E-state index >= 15 is 0 Å². The summed E-state index contributed by atoms with van der Waals surface area (Å²) in [6.07, 6.45) is 2.60. The van der Waals surface area contributed by atoms with Crippen molar-refractivity contribution in [1.82, 2.24) is 5.32 Å². The Bertz CT molecular complexity index is 725. The number of halogens is 1. The molecule has 2 N–H and O–H groups in total. The number of benzene rings is 2. The lowest BCUT2D eigenvalue weighted by atomic mass is 9.95. The van der Waals surface area contributed by atoms with Crippen LogP contribution in [0.15, 0.2) is 53.0 Å². The summed E-state index contributed by atoms with van der Waals surface area (Å²) < 4.78 is 1.06. The smallest absolute Gasteiger partial charge is 0.227 e. The minimum atomic E-state index is -0.283. The summed E-state index contributed by atoms with van der Waals surface area (Å²) in [5.74, 6) is 0.321. The molecule has 1 unspecified atom stereocenters. The molecule has 3 nitrogen and oxygen atoms in total. The van der Waals surface area contributed by atoms with Crippen LogP contribution in [0.2, 0.25) is 0 Å². The molecule has 2 aromatic rings. The van der Waals surface area contributed by atoms with Gasteiger partial charge in [0.05, 0.1) is 11.5 Å². The molecule has 0 radical (unpaired) electrons. The summed E-state index contributed by atoms with van der Waals surface area (Å²) in [6, 6.07) is 15.0. The molecular weight excluding hydrogens is 354 g/mol. The number of phenolic OH excluding ortho intramolecular Hbond substituents is 1. The van der Waals surface area contributed by atoms with Gasteiger partial charge in [-0.3, -0.25) is 4.79 Å². The predicted molar refractivity (Wildman–Crippen MR) is 94.2 cm³/mol. The van der Waals surface area contributed by atoms with Crippen molar-refractivity contribution >= 4 is 21.8 Å². The van der Waals surface area contributed by atoms with Crippen LogP contribution in [0.3, 0.4) is 0 Å². The second kappa shape index (κ2) is 6.36. The van der Waals surface area contributed by atoms with Gasteiger partial charge in [-0.05, 0) is 55.5 Å². The highest BCUT2D eigenvalue weighted by molar-refractivity contribution is 9.10. The molecule has 0 aromatic heterocycles. The zero-order chi connectivity index (χ0) is 16.4. The van der Waals surface area contributed by atoms with Crippen LogP contribution < -0.4 is 5.32 Å². The van der Waals surface area contributed by atoms with Crippen LogP contribution in [-0.2, 0) is 11.2 Å². The summed E-state index contributed by atoms with van der Waals surface area (Å²) in [5, 5.41) is 12.7. The second-order valence-corrected chi connectivity index (χ2v) is 7.19. The van der Waals surface area contributed by atoms with Gasteiger partial charge in [-0.1, -0.05) is 46.3 Å². The number of phenols is 1. The lowest BCUT2D eigenvalue weighted by Crippen LogP contribution is -2.35. The number of rotatable bonds is 5. The van der Waals surface area contributed by atoms with E-state index in [-0.39, 0.29) is 23.1 Å². The molecule has 2 aromatic carbocycles. The highest BCUT2D eigenvalue weighted by Crippen LogP contribution is 2.49. The third kappa shape index (κ3) is 3.58. The Labute approximate surface area is 144 Å². The normalized spacial score (nSPS) is 16.6. The van der Waals surface area contributed by atoms with Crippen molar-refractivity contribution in [3.8, 4) is 5.75 Å². The van der Waals surface area contributed by atoms with Gasteiger partial charge in [-0.15, -0.1) is 0 Å². The number of aromatic hydroxyl groups is 1. The van der Waals surface area contributed by atoms with Crippen molar-refractivity contribution in [3.05, 3.63) is 64.1 Å². The molecule has 0 heterocycles. The average Bonchev–Trinajstić information content (AvgIpc) is 3.30. The van der Waals surface area contributed by atoms with Gasteiger partial charge in [0, 0.05) is 4.47 Å². The topological polar surface area (TPSA) is 49.3 Å². The fourth-order valence-corrected chi connectivity index (χ4v) is 3.29. The lowest BCUT2D eigenvalue weighted by Gasteiger charge is -2.20. The molecule has 1 saturated carbocycles. The third-order valence-corrected chi connectivity index (χ3v) is 5.31. The molecule has 0 bridgehead atoms. The SMILES string of the molecule is CC(NC(=O)C1(Cc2ccccc2Br)CC1)c1cccc(O)c1. The minimum absolute atomic E-state index is 0.101. The highest BCUT2D eigenvalue weighted by Gasteiger charge is 2.50. The van der Waals surface area contributed by atoms with Gasteiger partial charge in [0.2, 0.25) is 5.91 Å². The molecule has 0 saturated heterocycles. The summed E-state index contributed by atoms with van der Waals surface area (Å²) in [7, 11) is 0. The van der Waals surface area contributed by atoms with E-state index in [0.717, 1.165) is 29.3 Å². The summed E-state index contributed by atoms with van der Waals surface area (Å²) in [6.45, 7) is 1.95. The Morgan fingerprint density at radius 3 is 2.65 bits per heavy atom. The first-order chi connectivity index (χ1) is 11.0. The van der Waals surface area contributed by atoms with Crippen LogP contribution in [0.4, 0.5) is 0 Å². The van der Waals surface area contributed by atoms with Crippen molar-refractivity contribution in [2.75, 3.05) is 0 Å². The van der Waals surface area contributed by atoms with Crippen LogP contribution in [0, 0.1) is 5.41 Å². The first-order valence-corrected chi connectivity index (χ1v) is 8.63. The van der Waals surface area contributed by atoms with Crippen molar-refractivity contribution in [2.45, 2.75) is 32.2 Å². The Morgan fingerprint density at radius 2 is 2.00 bits per heavy atom. The van der Waals surface area contributed by atoms with E-state index in [9.17, 15) is 9.90 Å². The number of carbonyl (C=O) groups is 1. The summed E-state index contributed by atoms with van der Waals surface area (Å²) >= 11 is 3.56. The minimum Gasteiger partial charge on any atom is -0.508 e. The van der Waals surface area contributed by atoms with Crippen LogP contribution in [0.5, 0.6) is 5.75 Å². The molecule has 23 heavy (non-hydrogen) atoms. The monoisotopic (exact) mass is 373 g/mol. The maximum atomic E-state index is 12.7. The molecule has 1 aliphatic carbocycles. The summed E-state index contributed by atoms with van der Waals surface area (Å²) in [4.78, 5) is 12.7. The first-order valence-electron chi connectivity index (χ1n) is 7.83. The molecule has 0 aliphatic heterocycles. The molecule has 1 atom stereocenters. The Kier molecular flexibility index (Phi) is 4.44. The molecule has 1 aliphatic rings. The zero-order valence-electron chi connectivity index (χ0n) is 13.1. The van der Waals surface area contributed by atoms with Crippen molar-refractivity contribution < 1.29 is 9.90 Å². The van der Waals surface area contributed by atoms with Crippen molar-refractivity contribution in [3.63, 3.8) is 0 Å². The van der Waals surface area contributed by atoms with Gasteiger partial charge in [0.25, 0.3) is 0 Å². The average molecular weight is 374 g/mol. The van der Waals surface area contributed by atoms with Gasteiger partial charge in [0.1, 0.15) is 5.75 Å². The van der Waals surface area contributed by atoms with E-state index in [1.54, 1.807) is 18.2 Å². The molecule has 3 rings (SSSR count). The molecule has 120 valence electrons. The number of hydrogen-bond acceptors (Lipinski definition) is 2. The van der Waals surface area contributed by atoms with Gasteiger partial charge >= 0.3 is 0 Å². The van der Waals surface area contributed by atoms with E-state index in [1.165, 1.54) is 5.56 Å². The quantitative estimate of drug-likeness (QED) is 0.817. The maximum absolute atomic E-state index is 12.7. The molecular formula is C19H20BrNO2. The van der Waals surface area contributed by atoms with Crippen LogP contribution >= 0.6 is 15.9 Å². The largest absolute Gasteiger partial charge is 0.508 e. The number of amides is 1. The van der Waals surface area contributed by atoms with Crippen molar-refractivity contribution in [1.29, 1.82) is 0 Å². The van der Waals surface area contributed by atoms with E-state index in [0.29, 0.717) is 0 Å². The third-order valence-electron chi connectivity index (χ3n) is 4.54. The molecule has 4 heteroatoms.